The lowest BCUT2D eigenvalue weighted by molar-refractivity contribution is 0.173. The predicted molar refractivity (Wildman–Crippen MR) is 55.5 cm³/mol. The van der Waals surface area contributed by atoms with Crippen LogP contribution in [-0.2, 0) is 4.74 Å². The Balaban J connectivity index is 0.000000791. The molecule has 0 bridgehead atoms. The van der Waals surface area contributed by atoms with Crippen LogP contribution in [-0.4, -0.2) is 22.8 Å². The van der Waals surface area contributed by atoms with E-state index >= 15 is 0 Å². The van der Waals surface area contributed by atoms with Gasteiger partial charge in [-0.05, 0) is 5.92 Å². The summed E-state index contributed by atoms with van der Waals surface area (Å²) in [6.07, 6.45) is 2.73. The van der Waals surface area contributed by atoms with Crippen LogP contribution in [0.3, 0.4) is 0 Å². The largest absolute Gasteiger partial charge is 0.452 e. The lowest BCUT2D eigenvalue weighted by atomic mass is 10.2. The van der Waals surface area contributed by atoms with Crippen LogP contribution in [0.5, 0.6) is 0 Å². The van der Waals surface area contributed by atoms with Crippen molar-refractivity contribution >= 4 is 6.09 Å². The minimum Gasteiger partial charge on any atom is -0.452 e. The summed E-state index contributed by atoms with van der Waals surface area (Å²) in [5, 5.41) is 0. The normalized spacial score (nSPS) is 9.29. The van der Waals surface area contributed by atoms with Crippen molar-refractivity contribution in [1.82, 2.24) is 9.55 Å². The summed E-state index contributed by atoms with van der Waals surface area (Å²) in [5.41, 5.74) is 0.889. The summed E-state index contributed by atoms with van der Waals surface area (Å²) < 4.78 is 5.84. The first-order valence-corrected chi connectivity index (χ1v) is 4.77. The zero-order chi connectivity index (χ0) is 11.1. The Morgan fingerprint density at radius 1 is 1.50 bits per heavy atom. The van der Waals surface area contributed by atoms with Crippen LogP contribution in [0.1, 0.15) is 39.3 Å². The third-order valence-corrected chi connectivity index (χ3v) is 1.58. The molecule has 0 aliphatic carbocycles. The third kappa shape index (κ3) is 3.20. The Morgan fingerprint density at radius 2 is 2.07 bits per heavy atom. The van der Waals surface area contributed by atoms with Gasteiger partial charge in [0.1, 0.15) is 6.33 Å². The van der Waals surface area contributed by atoms with Crippen LogP contribution in [0.25, 0.3) is 0 Å². The lowest BCUT2D eigenvalue weighted by Gasteiger charge is -1.97. The van der Waals surface area contributed by atoms with Gasteiger partial charge in [-0.15, -0.1) is 0 Å². The molecular weight excluding hydrogens is 180 g/mol. The van der Waals surface area contributed by atoms with E-state index in [1.54, 1.807) is 6.20 Å². The molecular formula is C10H18N2O2. The molecule has 1 rings (SSSR count). The molecule has 0 spiro atoms. The summed E-state index contributed by atoms with van der Waals surface area (Å²) in [7, 11) is 1.34. The highest BCUT2D eigenvalue weighted by molar-refractivity contribution is 5.69. The number of ether oxygens (including phenoxy) is 1. The predicted octanol–water partition coefficient (Wildman–Crippen LogP) is 2.65. The highest BCUT2D eigenvalue weighted by Crippen LogP contribution is 2.10. The van der Waals surface area contributed by atoms with Crippen LogP contribution in [0.15, 0.2) is 12.5 Å². The molecule has 0 aliphatic rings. The van der Waals surface area contributed by atoms with Gasteiger partial charge in [0.05, 0.1) is 12.8 Å². The lowest BCUT2D eigenvalue weighted by Crippen LogP contribution is -2.08. The maximum absolute atomic E-state index is 11.0. The van der Waals surface area contributed by atoms with Crippen LogP contribution in [0.2, 0.25) is 0 Å². The van der Waals surface area contributed by atoms with Gasteiger partial charge in [-0.25, -0.2) is 14.3 Å². The Labute approximate surface area is 84.9 Å². The second-order valence-electron chi connectivity index (χ2n) is 2.83. The standard InChI is InChI=1S/C8H12N2O2.C2H6/c1-6(2)7-4-10(5-9-7)8(11)12-3;1-2/h4-6H,1-3H3;1-2H3. The van der Waals surface area contributed by atoms with Crippen molar-refractivity contribution in [3.63, 3.8) is 0 Å². The fourth-order valence-electron chi connectivity index (χ4n) is 0.841. The first kappa shape index (κ1) is 12.7. The van der Waals surface area contributed by atoms with Gasteiger partial charge >= 0.3 is 6.09 Å². The molecule has 0 amide bonds. The molecule has 80 valence electrons. The van der Waals surface area contributed by atoms with E-state index in [9.17, 15) is 4.79 Å². The molecule has 0 unspecified atom stereocenters. The number of nitrogens with zero attached hydrogens (tertiary/aromatic N) is 2. The van der Waals surface area contributed by atoms with E-state index in [-0.39, 0.29) is 0 Å². The zero-order valence-electron chi connectivity index (χ0n) is 9.44. The van der Waals surface area contributed by atoms with Gasteiger partial charge in [-0.2, -0.15) is 0 Å². The summed E-state index contributed by atoms with van der Waals surface area (Å²) >= 11 is 0. The number of carbonyl (C=O) groups excluding carboxylic acids is 1. The number of hydrogen-bond acceptors (Lipinski definition) is 3. The monoisotopic (exact) mass is 198 g/mol. The number of carbonyl (C=O) groups is 1. The molecule has 0 atom stereocenters. The molecule has 0 saturated carbocycles. The Hall–Kier alpha value is -1.32. The average Bonchev–Trinajstić information content (AvgIpc) is 2.68. The average molecular weight is 198 g/mol. The topological polar surface area (TPSA) is 44.1 Å². The number of methoxy groups -OCH3 is 1. The van der Waals surface area contributed by atoms with Gasteiger partial charge in [0.2, 0.25) is 0 Å². The Bertz CT molecular complexity index is 279. The van der Waals surface area contributed by atoms with E-state index in [0.29, 0.717) is 5.92 Å². The summed E-state index contributed by atoms with van der Waals surface area (Å²) in [6.45, 7) is 8.04. The molecule has 14 heavy (non-hydrogen) atoms. The molecule has 0 saturated heterocycles. The Morgan fingerprint density at radius 3 is 2.43 bits per heavy atom. The number of rotatable bonds is 1. The van der Waals surface area contributed by atoms with Crippen molar-refractivity contribution in [2.45, 2.75) is 33.6 Å². The van der Waals surface area contributed by atoms with Crippen LogP contribution < -0.4 is 0 Å². The summed E-state index contributed by atoms with van der Waals surface area (Å²) in [5.74, 6) is 0.330. The molecule has 1 heterocycles. The molecule has 0 radical (unpaired) electrons. The van der Waals surface area contributed by atoms with Crippen molar-refractivity contribution in [1.29, 1.82) is 0 Å². The second-order valence-corrected chi connectivity index (χ2v) is 2.83. The van der Waals surface area contributed by atoms with Gasteiger partial charge in [0.15, 0.2) is 0 Å². The quantitative estimate of drug-likeness (QED) is 0.696. The smallest absolute Gasteiger partial charge is 0.418 e. The summed E-state index contributed by atoms with van der Waals surface area (Å²) in [4.78, 5) is 15.0. The van der Waals surface area contributed by atoms with E-state index in [1.165, 1.54) is 18.0 Å². The van der Waals surface area contributed by atoms with Gasteiger partial charge in [-0.3, -0.25) is 0 Å². The maximum atomic E-state index is 11.0. The summed E-state index contributed by atoms with van der Waals surface area (Å²) in [6, 6.07) is 0. The van der Waals surface area contributed by atoms with Crippen molar-refractivity contribution in [2.75, 3.05) is 7.11 Å². The number of aromatic nitrogens is 2. The van der Waals surface area contributed by atoms with Crippen molar-refractivity contribution in [3.8, 4) is 0 Å². The Kier molecular flexibility index (Phi) is 5.60. The SMILES string of the molecule is CC.COC(=O)n1cnc(C(C)C)c1. The van der Waals surface area contributed by atoms with Crippen molar-refractivity contribution < 1.29 is 9.53 Å². The van der Waals surface area contributed by atoms with E-state index in [1.807, 2.05) is 27.7 Å². The molecule has 0 aromatic carbocycles. The fraction of sp³-hybridized carbons (Fsp3) is 0.600. The highest BCUT2D eigenvalue weighted by Gasteiger charge is 2.07. The van der Waals surface area contributed by atoms with E-state index in [4.69, 9.17) is 0 Å². The second kappa shape index (κ2) is 6.18. The van der Waals surface area contributed by atoms with Crippen LogP contribution >= 0.6 is 0 Å². The van der Waals surface area contributed by atoms with E-state index in [2.05, 4.69) is 9.72 Å². The fourth-order valence-corrected chi connectivity index (χ4v) is 0.841. The molecule has 0 fully saturated rings. The van der Waals surface area contributed by atoms with Gasteiger partial charge in [-0.1, -0.05) is 27.7 Å². The molecule has 1 aromatic heterocycles. The van der Waals surface area contributed by atoms with E-state index < -0.39 is 6.09 Å². The third-order valence-electron chi connectivity index (χ3n) is 1.58. The first-order chi connectivity index (χ1) is 6.65. The minimum atomic E-state index is -0.408. The van der Waals surface area contributed by atoms with Crippen LogP contribution in [0, 0.1) is 0 Å². The van der Waals surface area contributed by atoms with E-state index in [0.717, 1.165) is 5.69 Å². The van der Waals surface area contributed by atoms with Gasteiger partial charge < -0.3 is 4.74 Å². The zero-order valence-corrected chi connectivity index (χ0v) is 9.44. The number of hydrogen-bond donors (Lipinski definition) is 0. The molecule has 0 aliphatic heterocycles. The molecule has 4 nitrogen and oxygen atoms in total. The first-order valence-electron chi connectivity index (χ1n) is 4.77. The van der Waals surface area contributed by atoms with Gasteiger partial charge in [0.25, 0.3) is 0 Å². The highest BCUT2D eigenvalue weighted by atomic mass is 16.5. The van der Waals surface area contributed by atoms with Crippen molar-refractivity contribution in [2.24, 2.45) is 0 Å². The van der Waals surface area contributed by atoms with Gasteiger partial charge in [0, 0.05) is 6.20 Å². The maximum Gasteiger partial charge on any atom is 0.418 e. The van der Waals surface area contributed by atoms with Crippen LogP contribution in [0.4, 0.5) is 4.79 Å². The number of imidazole rings is 1. The molecule has 0 N–H and O–H groups in total. The minimum absolute atomic E-state index is 0.330. The van der Waals surface area contributed by atoms with Crippen molar-refractivity contribution in [3.05, 3.63) is 18.2 Å². The molecule has 4 heteroatoms. The molecule has 1 aromatic rings.